The molecule has 0 unspecified atom stereocenters. The maximum Gasteiger partial charge on any atom is 0.227 e. The van der Waals surface area contributed by atoms with Crippen LogP contribution in [-0.4, -0.2) is 17.0 Å². The largest absolute Gasteiger partial charge is 0.340 e. The third kappa shape index (κ3) is 4.07. The molecule has 0 atom stereocenters. The quantitative estimate of drug-likeness (QED) is 0.768. The summed E-state index contributed by atoms with van der Waals surface area (Å²) in [7, 11) is 2.01. The summed E-state index contributed by atoms with van der Waals surface area (Å²) in [5.41, 5.74) is 3.19. The van der Waals surface area contributed by atoms with Crippen molar-refractivity contribution in [2.24, 2.45) is 0 Å². The molecule has 3 aromatic rings. The summed E-state index contributed by atoms with van der Waals surface area (Å²) in [5.74, 6) is 1.52. The molecule has 0 bridgehead atoms. The molecule has 0 saturated carbocycles. The van der Waals surface area contributed by atoms with Crippen molar-refractivity contribution >= 4 is 17.5 Å². The van der Waals surface area contributed by atoms with Crippen molar-refractivity contribution in [3.63, 3.8) is 0 Å². The number of benzene rings is 2. The van der Waals surface area contributed by atoms with Gasteiger partial charge in [0.15, 0.2) is 0 Å². The number of nitrogens with zero attached hydrogens (tertiary/aromatic N) is 3. The zero-order valence-corrected chi connectivity index (χ0v) is 13.4. The summed E-state index contributed by atoms with van der Waals surface area (Å²) in [6.45, 7) is 2.76. The number of rotatable bonds is 5. The van der Waals surface area contributed by atoms with Crippen molar-refractivity contribution in [2.75, 3.05) is 17.3 Å². The lowest BCUT2D eigenvalue weighted by Gasteiger charge is -2.18. The average molecular weight is 304 g/mol. The molecule has 4 nitrogen and oxygen atoms in total. The maximum atomic E-state index is 4.63. The molecule has 3 rings (SSSR count). The van der Waals surface area contributed by atoms with E-state index in [0.29, 0.717) is 5.95 Å². The fraction of sp³-hybridized carbons (Fsp3) is 0.158. The Balaban J connectivity index is 1.79. The molecule has 116 valence electrons. The van der Waals surface area contributed by atoms with Gasteiger partial charge in [-0.3, -0.25) is 0 Å². The number of nitrogens with one attached hydrogen (secondary N) is 1. The van der Waals surface area contributed by atoms with Crippen LogP contribution in [0.25, 0.3) is 0 Å². The van der Waals surface area contributed by atoms with Gasteiger partial charge >= 0.3 is 0 Å². The fourth-order valence-corrected chi connectivity index (χ4v) is 2.38. The van der Waals surface area contributed by atoms with Gasteiger partial charge in [-0.1, -0.05) is 48.5 Å². The molecule has 0 spiro atoms. The monoisotopic (exact) mass is 304 g/mol. The Morgan fingerprint density at radius 2 is 1.57 bits per heavy atom. The predicted octanol–water partition coefficient (Wildman–Crippen LogP) is 4.17. The first kappa shape index (κ1) is 15.0. The van der Waals surface area contributed by atoms with Gasteiger partial charge in [0.05, 0.1) is 0 Å². The number of aromatic nitrogens is 2. The van der Waals surface area contributed by atoms with E-state index in [0.717, 1.165) is 23.7 Å². The number of anilines is 3. The van der Waals surface area contributed by atoms with E-state index in [2.05, 4.69) is 32.3 Å². The van der Waals surface area contributed by atoms with Crippen molar-refractivity contribution in [2.45, 2.75) is 13.5 Å². The first-order valence-corrected chi connectivity index (χ1v) is 7.63. The van der Waals surface area contributed by atoms with Gasteiger partial charge in [-0.25, -0.2) is 4.98 Å². The first-order valence-electron chi connectivity index (χ1n) is 7.63. The summed E-state index contributed by atoms with van der Waals surface area (Å²) in [4.78, 5) is 11.2. The second kappa shape index (κ2) is 6.92. The first-order chi connectivity index (χ1) is 11.2. The Kier molecular flexibility index (Phi) is 4.52. The van der Waals surface area contributed by atoms with Crippen LogP contribution in [0.4, 0.5) is 17.5 Å². The zero-order valence-electron chi connectivity index (χ0n) is 13.4. The minimum absolute atomic E-state index is 0.715. The highest BCUT2D eigenvalue weighted by Crippen LogP contribution is 2.18. The molecule has 0 saturated heterocycles. The van der Waals surface area contributed by atoms with Crippen LogP contribution >= 0.6 is 0 Å². The van der Waals surface area contributed by atoms with Gasteiger partial charge in [-0.05, 0) is 24.6 Å². The Labute approximate surface area is 136 Å². The van der Waals surface area contributed by atoms with Gasteiger partial charge in [0.25, 0.3) is 0 Å². The molecule has 2 aromatic carbocycles. The molecule has 23 heavy (non-hydrogen) atoms. The van der Waals surface area contributed by atoms with Crippen molar-refractivity contribution in [1.29, 1.82) is 0 Å². The molecule has 0 amide bonds. The molecule has 0 aliphatic carbocycles. The van der Waals surface area contributed by atoms with Crippen LogP contribution in [-0.2, 0) is 6.54 Å². The van der Waals surface area contributed by atoms with Crippen LogP contribution in [0.5, 0.6) is 0 Å². The van der Waals surface area contributed by atoms with Gasteiger partial charge in [0.2, 0.25) is 5.95 Å². The molecule has 1 aromatic heterocycles. The summed E-state index contributed by atoms with van der Waals surface area (Å²) in [5, 5.41) is 3.33. The molecule has 0 fully saturated rings. The lowest BCUT2D eigenvalue weighted by Crippen LogP contribution is -2.19. The van der Waals surface area contributed by atoms with E-state index in [9.17, 15) is 0 Å². The number of para-hydroxylation sites is 1. The average Bonchev–Trinajstić information content (AvgIpc) is 2.56. The SMILES string of the molecule is Cc1cc(Nc2ccccc2)nc(N(C)Cc2ccccc2)n1. The van der Waals surface area contributed by atoms with E-state index in [4.69, 9.17) is 0 Å². The van der Waals surface area contributed by atoms with E-state index >= 15 is 0 Å². The van der Waals surface area contributed by atoms with E-state index in [1.54, 1.807) is 0 Å². The third-order valence-electron chi connectivity index (χ3n) is 3.49. The van der Waals surface area contributed by atoms with Gasteiger partial charge in [0.1, 0.15) is 5.82 Å². The van der Waals surface area contributed by atoms with Crippen molar-refractivity contribution < 1.29 is 0 Å². The van der Waals surface area contributed by atoms with Crippen molar-refractivity contribution in [3.05, 3.63) is 78.0 Å². The predicted molar refractivity (Wildman–Crippen MR) is 95.0 cm³/mol. The van der Waals surface area contributed by atoms with Crippen LogP contribution in [0.1, 0.15) is 11.3 Å². The minimum Gasteiger partial charge on any atom is -0.340 e. The van der Waals surface area contributed by atoms with Crippen LogP contribution in [0.3, 0.4) is 0 Å². The van der Waals surface area contributed by atoms with Crippen LogP contribution in [0.15, 0.2) is 66.7 Å². The van der Waals surface area contributed by atoms with E-state index in [-0.39, 0.29) is 0 Å². The Morgan fingerprint density at radius 1 is 0.913 bits per heavy atom. The van der Waals surface area contributed by atoms with Gasteiger partial charge < -0.3 is 10.2 Å². The molecule has 1 N–H and O–H groups in total. The normalized spacial score (nSPS) is 10.3. The lowest BCUT2D eigenvalue weighted by molar-refractivity contribution is 0.861. The minimum atomic E-state index is 0.715. The molecule has 1 heterocycles. The van der Waals surface area contributed by atoms with Gasteiger partial charge in [0, 0.05) is 31.0 Å². The molecular formula is C19H20N4. The molecule has 4 heteroatoms. The van der Waals surface area contributed by atoms with Crippen molar-refractivity contribution in [1.82, 2.24) is 9.97 Å². The fourth-order valence-electron chi connectivity index (χ4n) is 2.38. The highest BCUT2D eigenvalue weighted by molar-refractivity contribution is 5.57. The number of aryl methyl sites for hydroxylation is 1. The smallest absolute Gasteiger partial charge is 0.227 e. The second-order valence-corrected chi connectivity index (χ2v) is 5.53. The standard InChI is InChI=1S/C19H20N4/c1-15-13-18(21-17-11-7-4-8-12-17)22-19(20-15)23(2)14-16-9-5-3-6-10-16/h3-13H,14H2,1-2H3,(H,20,21,22). The topological polar surface area (TPSA) is 41.1 Å². The third-order valence-corrected chi connectivity index (χ3v) is 3.49. The lowest BCUT2D eigenvalue weighted by atomic mass is 10.2. The van der Waals surface area contributed by atoms with Crippen LogP contribution in [0, 0.1) is 6.92 Å². The van der Waals surface area contributed by atoms with E-state index < -0.39 is 0 Å². The molecule has 0 aliphatic heterocycles. The Bertz CT molecular complexity index is 757. The second-order valence-electron chi connectivity index (χ2n) is 5.53. The highest BCUT2D eigenvalue weighted by Gasteiger charge is 2.08. The number of hydrogen-bond acceptors (Lipinski definition) is 4. The maximum absolute atomic E-state index is 4.63. The van der Waals surface area contributed by atoms with Gasteiger partial charge in [-0.2, -0.15) is 4.98 Å². The van der Waals surface area contributed by atoms with E-state index in [1.165, 1.54) is 5.56 Å². The summed E-state index contributed by atoms with van der Waals surface area (Å²) >= 11 is 0. The van der Waals surface area contributed by atoms with Crippen molar-refractivity contribution in [3.8, 4) is 0 Å². The zero-order chi connectivity index (χ0) is 16.1. The summed E-state index contributed by atoms with van der Waals surface area (Å²) in [6, 6.07) is 22.3. The van der Waals surface area contributed by atoms with Crippen LogP contribution in [0.2, 0.25) is 0 Å². The molecular weight excluding hydrogens is 284 g/mol. The Morgan fingerprint density at radius 3 is 2.26 bits per heavy atom. The highest BCUT2D eigenvalue weighted by atomic mass is 15.2. The molecule has 0 aliphatic rings. The number of hydrogen-bond donors (Lipinski definition) is 1. The summed E-state index contributed by atoms with van der Waals surface area (Å²) in [6.07, 6.45) is 0. The molecule has 0 radical (unpaired) electrons. The Hall–Kier alpha value is -2.88. The van der Waals surface area contributed by atoms with E-state index in [1.807, 2.05) is 68.6 Å². The summed E-state index contributed by atoms with van der Waals surface area (Å²) < 4.78 is 0. The van der Waals surface area contributed by atoms with Gasteiger partial charge in [-0.15, -0.1) is 0 Å². The van der Waals surface area contributed by atoms with Crippen LogP contribution < -0.4 is 10.2 Å².